The molecule has 0 bridgehead atoms. The lowest BCUT2D eigenvalue weighted by atomic mass is 9.87. The summed E-state index contributed by atoms with van der Waals surface area (Å²) >= 11 is 5.45. The molecule has 0 aliphatic heterocycles. The fourth-order valence-electron chi connectivity index (χ4n) is 2.81. The normalized spacial score (nSPS) is 17.3. The van der Waals surface area contributed by atoms with Crippen LogP contribution < -0.4 is 5.14 Å². The number of hydrogen-bond donors (Lipinski definition) is 1. The summed E-state index contributed by atoms with van der Waals surface area (Å²) < 4.78 is 50.1. The van der Waals surface area contributed by atoms with Gasteiger partial charge >= 0.3 is 0 Å². The van der Waals surface area contributed by atoms with Gasteiger partial charge in [-0.2, -0.15) is 0 Å². The zero-order valence-corrected chi connectivity index (χ0v) is 15.4. The summed E-state index contributed by atoms with van der Waals surface area (Å²) in [5.41, 5.74) is 2.55. The Morgan fingerprint density at radius 2 is 1.81 bits per heavy atom. The second-order valence-electron chi connectivity index (χ2n) is 6.04. The van der Waals surface area contributed by atoms with E-state index in [1.165, 1.54) is 12.1 Å². The van der Waals surface area contributed by atoms with E-state index in [1.54, 1.807) is 31.2 Å². The Labute approximate surface area is 155 Å². The van der Waals surface area contributed by atoms with Gasteiger partial charge in [-0.25, -0.2) is 22.3 Å². The lowest BCUT2D eigenvalue weighted by Gasteiger charge is -2.19. The second-order valence-corrected chi connectivity index (χ2v) is 8.04. The van der Waals surface area contributed by atoms with Crippen LogP contribution in [0.15, 0.2) is 59.5 Å². The van der Waals surface area contributed by atoms with E-state index in [4.69, 9.17) is 17.4 Å². The Kier molecular flexibility index (Phi) is 4.88. The van der Waals surface area contributed by atoms with Gasteiger partial charge in [-0.05, 0) is 53.5 Å². The molecule has 7 heteroatoms. The highest BCUT2D eigenvalue weighted by atomic mass is 32.2. The van der Waals surface area contributed by atoms with E-state index in [9.17, 15) is 17.2 Å². The van der Waals surface area contributed by atoms with Gasteiger partial charge in [0.2, 0.25) is 10.0 Å². The van der Waals surface area contributed by atoms with Gasteiger partial charge in [0.1, 0.15) is 16.5 Å². The van der Waals surface area contributed by atoms with Crippen LogP contribution in [-0.4, -0.2) is 13.3 Å². The number of sulfonamides is 1. The molecule has 2 N–H and O–H groups in total. The van der Waals surface area contributed by atoms with Crippen molar-refractivity contribution in [2.24, 2.45) is 5.14 Å². The number of allylic oxidation sites excluding steroid dienone is 4. The third-order valence-electron chi connectivity index (χ3n) is 4.19. The summed E-state index contributed by atoms with van der Waals surface area (Å²) in [5, 5.41) is 4.97. The monoisotopic (exact) mass is 391 g/mol. The lowest BCUT2D eigenvalue weighted by Crippen LogP contribution is -2.14. The number of halogens is 2. The van der Waals surface area contributed by atoms with Gasteiger partial charge in [-0.1, -0.05) is 42.6 Å². The molecule has 0 spiro atoms. The van der Waals surface area contributed by atoms with Gasteiger partial charge in [-0.3, -0.25) is 0 Å². The Morgan fingerprint density at radius 1 is 1.08 bits per heavy atom. The van der Waals surface area contributed by atoms with Crippen molar-refractivity contribution >= 4 is 32.7 Å². The summed E-state index contributed by atoms with van der Waals surface area (Å²) in [4.78, 5) is 0.0494. The molecule has 3 rings (SSSR count). The van der Waals surface area contributed by atoms with E-state index in [-0.39, 0.29) is 11.7 Å². The maximum absolute atomic E-state index is 14.0. The molecule has 26 heavy (non-hydrogen) atoms. The minimum atomic E-state index is -4.11. The van der Waals surface area contributed by atoms with Crippen LogP contribution in [0.1, 0.15) is 22.6 Å². The third kappa shape index (κ3) is 3.65. The summed E-state index contributed by atoms with van der Waals surface area (Å²) in [6, 6.07) is 8.55. The minimum Gasteiger partial charge on any atom is -0.225 e. The summed E-state index contributed by atoms with van der Waals surface area (Å²) in [5.74, 6) is -1.37. The van der Waals surface area contributed by atoms with Crippen molar-refractivity contribution in [3.8, 4) is 0 Å². The molecule has 0 aromatic heterocycles. The molecule has 134 valence electrons. The molecule has 0 saturated carbocycles. The van der Waals surface area contributed by atoms with Crippen LogP contribution in [0.25, 0.3) is 5.57 Å². The molecule has 3 nitrogen and oxygen atoms in total. The van der Waals surface area contributed by atoms with Crippen molar-refractivity contribution in [2.45, 2.75) is 17.7 Å². The molecule has 1 atom stereocenters. The molecule has 0 saturated heterocycles. The maximum atomic E-state index is 14.0. The Bertz CT molecular complexity index is 1070. The van der Waals surface area contributed by atoms with E-state index in [2.05, 4.69) is 0 Å². The van der Waals surface area contributed by atoms with Crippen LogP contribution in [-0.2, 0) is 10.0 Å². The van der Waals surface area contributed by atoms with Gasteiger partial charge in [0.05, 0.1) is 0 Å². The lowest BCUT2D eigenvalue weighted by molar-refractivity contribution is 0.568. The van der Waals surface area contributed by atoms with Crippen LogP contribution in [0.2, 0.25) is 0 Å². The average Bonchev–Trinajstić information content (AvgIpc) is 2.56. The molecule has 2 aromatic carbocycles. The van der Waals surface area contributed by atoms with Crippen molar-refractivity contribution in [3.05, 3.63) is 83.0 Å². The molecular weight excluding hydrogens is 376 g/mol. The molecule has 1 aliphatic rings. The first-order valence-corrected chi connectivity index (χ1v) is 9.65. The van der Waals surface area contributed by atoms with Gasteiger partial charge in [0, 0.05) is 10.8 Å². The highest BCUT2D eigenvalue weighted by Gasteiger charge is 2.20. The van der Waals surface area contributed by atoms with Crippen molar-refractivity contribution in [3.63, 3.8) is 0 Å². The first kappa shape index (κ1) is 18.6. The highest BCUT2D eigenvalue weighted by Crippen LogP contribution is 2.31. The fraction of sp³-hybridized carbons (Fsp3) is 0.105. The number of thiocarbonyl (C=S) groups is 1. The predicted molar refractivity (Wildman–Crippen MR) is 101 cm³/mol. The fourth-order valence-corrected chi connectivity index (χ4v) is 3.74. The first-order chi connectivity index (χ1) is 12.2. The van der Waals surface area contributed by atoms with Crippen LogP contribution >= 0.6 is 12.2 Å². The van der Waals surface area contributed by atoms with Crippen LogP contribution in [0.5, 0.6) is 0 Å². The number of nitrogens with two attached hydrogens (primary N) is 1. The zero-order chi connectivity index (χ0) is 19.1. The number of hydrogen-bond acceptors (Lipinski definition) is 3. The van der Waals surface area contributed by atoms with Gasteiger partial charge < -0.3 is 0 Å². The first-order valence-electron chi connectivity index (χ1n) is 7.69. The molecule has 1 aliphatic carbocycles. The molecule has 2 aromatic rings. The highest BCUT2D eigenvalue weighted by molar-refractivity contribution is 7.89. The van der Waals surface area contributed by atoms with E-state index in [1.807, 2.05) is 6.08 Å². The van der Waals surface area contributed by atoms with E-state index in [0.29, 0.717) is 21.6 Å². The minimum absolute atomic E-state index is 0.179. The SMILES string of the molecule is Cc1cc(C2C=CC(c3ccc(S(N)(=O)=O)c(F)c3)=CC2=S)ccc1F. The predicted octanol–water partition coefficient (Wildman–Crippen LogP) is 4.03. The van der Waals surface area contributed by atoms with Crippen molar-refractivity contribution in [2.75, 3.05) is 0 Å². The van der Waals surface area contributed by atoms with Crippen LogP contribution in [0.3, 0.4) is 0 Å². The topological polar surface area (TPSA) is 60.2 Å². The second kappa shape index (κ2) is 6.83. The van der Waals surface area contributed by atoms with E-state index < -0.39 is 20.7 Å². The molecular formula is C19H15F2NO2S2. The largest absolute Gasteiger partial charge is 0.240 e. The van der Waals surface area contributed by atoms with Crippen LogP contribution in [0.4, 0.5) is 8.78 Å². The van der Waals surface area contributed by atoms with Gasteiger partial charge in [0.25, 0.3) is 0 Å². The standard InChI is InChI=1S/C19H15F2NO2S2/c1-11-8-14(3-6-16(11)20)15-5-2-13(10-18(15)25)12-4-7-19(17(21)9-12)26(22,23)24/h2-10,15H,1H3,(H2,22,23,24). The van der Waals surface area contributed by atoms with Crippen molar-refractivity contribution in [1.29, 1.82) is 0 Å². The summed E-state index contributed by atoms with van der Waals surface area (Å²) in [6.45, 7) is 1.69. The number of primary sulfonamides is 1. The molecule has 0 radical (unpaired) electrons. The quantitative estimate of drug-likeness (QED) is 0.804. The molecule has 0 amide bonds. The number of rotatable bonds is 3. The van der Waals surface area contributed by atoms with E-state index in [0.717, 1.165) is 17.7 Å². The third-order valence-corrected chi connectivity index (χ3v) is 5.50. The maximum Gasteiger partial charge on any atom is 0.240 e. The Morgan fingerprint density at radius 3 is 2.38 bits per heavy atom. The van der Waals surface area contributed by atoms with Crippen molar-refractivity contribution in [1.82, 2.24) is 0 Å². The molecule has 0 heterocycles. The van der Waals surface area contributed by atoms with Gasteiger partial charge in [-0.15, -0.1) is 0 Å². The average molecular weight is 391 g/mol. The van der Waals surface area contributed by atoms with E-state index >= 15 is 0 Å². The Hall–Kier alpha value is -2.22. The zero-order valence-electron chi connectivity index (χ0n) is 13.7. The van der Waals surface area contributed by atoms with Crippen molar-refractivity contribution < 1.29 is 17.2 Å². The van der Waals surface area contributed by atoms with Crippen LogP contribution in [0, 0.1) is 18.6 Å². The molecule has 0 fully saturated rings. The molecule has 1 unspecified atom stereocenters. The van der Waals surface area contributed by atoms with Gasteiger partial charge in [0.15, 0.2) is 0 Å². The summed E-state index contributed by atoms with van der Waals surface area (Å²) in [6.07, 6.45) is 5.37. The number of benzene rings is 2. The summed E-state index contributed by atoms with van der Waals surface area (Å²) in [7, 11) is -4.11. The smallest absolute Gasteiger partial charge is 0.225 e. The number of aryl methyl sites for hydroxylation is 1. The Balaban J connectivity index is 1.91.